The highest BCUT2D eigenvalue weighted by molar-refractivity contribution is 5.85. The largest absolute Gasteiger partial charge is 0.476 e. The number of unbranched alkanes of at least 4 members (excludes halogenated alkanes) is 2. The molecule has 6 nitrogen and oxygen atoms in total. The lowest BCUT2D eigenvalue weighted by atomic mass is 10.2. The second-order valence-corrected chi connectivity index (χ2v) is 3.32. The van der Waals surface area contributed by atoms with Gasteiger partial charge in [0.2, 0.25) is 0 Å². The molecule has 1 aromatic heterocycles. The van der Waals surface area contributed by atoms with Gasteiger partial charge in [0.1, 0.15) is 5.82 Å². The molecule has 0 saturated heterocycles. The predicted octanol–water partition coefficient (Wildman–Crippen LogP) is 0.749. The molecule has 0 unspecified atom stereocenters. The topological polar surface area (TPSA) is 95.3 Å². The Kier molecular flexibility index (Phi) is 5.21. The molecule has 1 heterocycles. The molecular formula is C10H15N3O3. The van der Waals surface area contributed by atoms with Crippen molar-refractivity contribution < 1.29 is 15.0 Å². The molecule has 0 fully saturated rings. The molecule has 0 radical (unpaired) electrons. The van der Waals surface area contributed by atoms with Crippen LogP contribution in [0, 0.1) is 0 Å². The summed E-state index contributed by atoms with van der Waals surface area (Å²) >= 11 is 0. The second-order valence-electron chi connectivity index (χ2n) is 3.32. The van der Waals surface area contributed by atoms with E-state index in [0.717, 1.165) is 25.8 Å². The van der Waals surface area contributed by atoms with Gasteiger partial charge in [-0.2, -0.15) is 0 Å². The summed E-state index contributed by atoms with van der Waals surface area (Å²) in [5, 5.41) is 27.5. The molecule has 0 aromatic carbocycles. The monoisotopic (exact) mass is 225 g/mol. The van der Waals surface area contributed by atoms with Crippen LogP contribution in [0.4, 0.5) is 5.82 Å². The Balaban J connectivity index is 2.29. The number of aliphatic hydroxyl groups excluding tert-OH is 1. The van der Waals surface area contributed by atoms with Gasteiger partial charge >= 0.3 is 5.97 Å². The number of carbonyl (C=O) groups is 1. The molecule has 1 rings (SSSR count). The quantitative estimate of drug-likeness (QED) is 0.593. The van der Waals surface area contributed by atoms with Gasteiger partial charge in [0.25, 0.3) is 0 Å². The molecule has 0 saturated carbocycles. The van der Waals surface area contributed by atoms with E-state index in [9.17, 15) is 4.79 Å². The van der Waals surface area contributed by atoms with Crippen molar-refractivity contribution in [1.29, 1.82) is 0 Å². The minimum absolute atomic E-state index is 0.0640. The highest BCUT2D eigenvalue weighted by Gasteiger charge is 2.04. The van der Waals surface area contributed by atoms with Crippen molar-refractivity contribution in [1.82, 2.24) is 10.2 Å². The molecule has 16 heavy (non-hydrogen) atoms. The Morgan fingerprint density at radius 1 is 1.25 bits per heavy atom. The zero-order chi connectivity index (χ0) is 11.8. The van der Waals surface area contributed by atoms with Crippen molar-refractivity contribution in [3.63, 3.8) is 0 Å². The smallest absolute Gasteiger partial charge is 0.356 e. The molecule has 0 spiro atoms. The SMILES string of the molecule is O=C(O)c1ccc(NCCCCCO)nn1. The van der Waals surface area contributed by atoms with Crippen molar-refractivity contribution in [3.05, 3.63) is 17.8 Å². The number of nitrogens with one attached hydrogen (secondary N) is 1. The lowest BCUT2D eigenvalue weighted by Crippen LogP contribution is -2.07. The first kappa shape index (κ1) is 12.4. The summed E-state index contributed by atoms with van der Waals surface area (Å²) in [5.41, 5.74) is -0.0640. The van der Waals surface area contributed by atoms with Gasteiger partial charge in [0.15, 0.2) is 5.69 Å². The normalized spacial score (nSPS) is 10.1. The van der Waals surface area contributed by atoms with Crippen molar-refractivity contribution in [2.24, 2.45) is 0 Å². The standard InChI is InChI=1S/C10H15N3O3/c14-7-3-1-2-6-11-9-5-4-8(10(15)16)12-13-9/h4-5,14H,1-3,6-7H2,(H,11,13)(H,15,16). The molecule has 0 aliphatic rings. The van der Waals surface area contributed by atoms with Gasteiger partial charge in [-0.15, -0.1) is 10.2 Å². The molecule has 1 aromatic rings. The molecular weight excluding hydrogens is 210 g/mol. The minimum atomic E-state index is -1.08. The first-order chi connectivity index (χ1) is 7.74. The summed E-state index contributed by atoms with van der Waals surface area (Å²) in [6, 6.07) is 2.99. The Bertz CT molecular complexity index is 327. The Hall–Kier alpha value is -1.69. The van der Waals surface area contributed by atoms with Gasteiger partial charge in [-0.05, 0) is 31.4 Å². The Morgan fingerprint density at radius 2 is 2.06 bits per heavy atom. The molecule has 0 aliphatic carbocycles. The third kappa shape index (κ3) is 4.22. The fraction of sp³-hybridized carbons (Fsp3) is 0.500. The van der Waals surface area contributed by atoms with Crippen molar-refractivity contribution in [2.75, 3.05) is 18.5 Å². The molecule has 88 valence electrons. The number of carboxylic acids is 1. The van der Waals surface area contributed by atoms with Crippen LogP contribution in [0.1, 0.15) is 29.8 Å². The summed E-state index contributed by atoms with van der Waals surface area (Å²) in [5.74, 6) is -0.518. The summed E-state index contributed by atoms with van der Waals surface area (Å²) in [7, 11) is 0. The van der Waals surface area contributed by atoms with E-state index in [2.05, 4.69) is 15.5 Å². The van der Waals surface area contributed by atoms with Crippen LogP contribution in [-0.2, 0) is 0 Å². The first-order valence-electron chi connectivity index (χ1n) is 5.16. The molecule has 0 bridgehead atoms. The lowest BCUT2D eigenvalue weighted by molar-refractivity contribution is 0.0689. The van der Waals surface area contributed by atoms with E-state index >= 15 is 0 Å². The van der Waals surface area contributed by atoms with Gasteiger partial charge in [-0.1, -0.05) is 0 Å². The van der Waals surface area contributed by atoms with Gasteiger partial charge < -0.3 is 15.5 Å². The number of aromatic nitrogens is 2. The summed E-state index contributed by atoms with van der Waals surface area (Å²) < 4.78 is 0. The molecule has 0 amide bonds. The summed E-state index contributed by atoms with van der Waals surface area (Å²) in [4.78, 5) is 10.5. The van der Waals surface area contributed by atoms with Crippen LogP contribution >= 0.6 is 0 Å². The van der Waals surface area contributed by atoms with E-state index < -0.39 is 5.97 Å². The number of rotatable bonds is 7. The van der Waals surface area contributed by atoms with Gasteiger partial charge in [-0.3, -0.25) is 0 Å². The summed E-state index contributed by atoms with van der Waals surface area (Å²) in [6.45, 7) is 0.953. The average molecular weight is 225 g/mol. The van der Waals surface area contributed by atoms with E-state index in [1.54, 1.807) is 6.07 Å². The Labute approximate surface area is 93.3 Å². The first-order valence-corrected chi connectivity index (χ1v) is 5.16. The van der Waals surface area contributed by atoms with Gasteiger partial charge in [0, 0.05) is 13.2 Å². The average Bonchev–Trinajstić information content (AvgIpc) is 2.29. The number of hydrogen-bond donors (Lipinski definition) is 3. The number of anilines is 1. The Morgan fingerprint density at radius 3 is 2.62 bits per heavy atom. The fourth-order valence-corrected chi connectivity index (χ4v) is 1.17. The predicted molar refractivity (Wildman–Crippen MR) is 58.4 cm³/mol. The molecule has 3 N–H and O–H groups in total. The number of carboxylic acid groups (broad SMARTS) is 1. The van der Waals surface area contributed by atoms with E-state index in [1.165, 1.54) is 6.07 Å². The maximum absolute atomic E-state index is 10.5. The number of nitrogens with zero attached hydrogens (tertiary/aromatic N) is 2. The lowest BCUT2D eigenvalue weighted by Gasteiger charge is -2.03. The van der Waals surface area contributed by atoms with Crippen LogP contribution < -0.4 is 5.32 Å². The summed E-state index contributed by atoms with van der Waals surface area (Å²) in [6.07, 6.45) is 2.68. The van der Waals surface area contributed by atoms with E-state index in [0.29, 0.717) is 5.82 Å². The van der Waals surface area contributed by atoms with E-state index in [1.807, 2.05) is 0 Å². The van der Waals surface area contributed by atoms with Crippen LogP contribution in [0.3, 0.4) is 0 Å². The highest BCUT2D eigenvalue weighted by atomic mass is 16.4. The number of aliphatic hydroxyl groups is 1. The second kappa shape index (κ2) is 6.73. The van der Waals surface area contributed by atoms with Crippen molar-refractivity contribution >= 4 is 11.8 Å². The van der Waals surface area contributed by atoms with Crippen LogP contribution in [0.2, 0.25) is 0 Å². The maximum atomic E-state index is 10.5. The minimum Gasteiger partial charge on any atom is -0.476 e. The van der Waals surface area contributed by atoms with Crippen LogP contribution in [-0.4, -0.2) is 39.5 Å². The van der Waals surface area contributed by atoms with Crippen LogP contribution in [0.5, 0.6) is 0 Å². The van der Waals surface area contributed by atoms with E-state index in [4.69, 9.17) is 10.2 Å². The fourth-order valence-electron chi connectivity index (χ4n) is 1.17. The van der Waals surface area contributed by atoms with Crippen molar-refractivity contribution in [2.45, 2.75) is 19.3 Å². The molecule has 0 atom stereocenters. The van der Waals surface area contributed by atoms with Gasteiger partial charge in [-0.25, -0.2) is 4.79 Å². The van der Waals surface area contributed by atoms with Crippen molar-refractivity contribution in [3.8, 4) is 0 Å². The highest BCUT2D eigenvalue weighted by Crippen LogP contribution is 2.03. The third-order valence-corrected chi connectivity index (χ3v) is 2.02. The number of aromatic carboxylic acids is 1. The van der Waals surface area contributed by atoms with Gasteiger partial charge in [0.05, 0.1) is 0 Å². The maximum Gasteiger partial charge on any atom is 0.356 e. The molecule has 0 aliphatic heterocycles. The number of hydrogen-bond acceptors (Lipinski definition) is 5. The molecule has 6 heteroatoms. The van der Waals surface area contributed by atoms with Crippen LogP contribution in [0.15, 0.2) is 12.1 Å². The third-order valence-electron chi connectivity index (χ3n) is 2.02. The zero-order valence-corrected chi connectivity index (χ0v) is 8.89. The van der Waals surface area contributed by atoms with Crippen LogP contribution in [0.25, 0.3) is 0 Å². The zero-order valence-electron chi connectivity index (χ0n) is 8.89. The van der Waals surface area contributed by atoms with E-state index in [-0.39, 0.29) is 12.3 Å².